The lowest BCUT2D eigenvalue weighted by atomic mass is 10.1. The van der Waals surface area contributed by atoms with Crippen LogP contribution in [0.15, 0.2) is 52.7 Å². The van der Waals surface area contributed by atoms with Gasteiger partial charge in [0.05, 0.1) is 21.5 Å². The van der Waals surface area contributed by atoms with Crippen LogP contribution in [0.3, 0.4) is 0 Å². The predicted octanol–water partition coefficient (Wildman–Crippen LogP) is 3.86. The molecule has 8 heteroatoms. The Hall–Kier alpha value is -2.02. The van der Waals surface area contributed by atoms with E-state index in [4.69, 9.17) is 23.2 Å². The fraction of sp³-hybridized carbons (Fsp3) is 0.118. The number of rotatable bonds is 4. The average molecular weight is 394 g/mol. The van der Waals surface area contributed by atoms with Crippen molar-refractivity contribution in [1.29, 1.82) is 0 Å². The zero-order valence-corrected chi connectivity index (χ0v) is 15.1. The summed E-state index contributed by atoms with van der Waals surface area (Å²) in [5.41, 5.74) is 1.61. The van der Waals surface area contributed by atoms with Gasteiger partial charge in [-0.3, -0.25) is 4.79 Å². The summed E-state index contributed by atoms with van der Waals surface area (Å²) in [7, 11) is 0. The van der Waals surface area contributed by atoms with Crippen molar-refractivity contribution in [2.75, 3.05) is 0 Å². The Morgan fingerprint density at radius 2 is 1.96 bits per heavy atom. The number of carbonyl (C=O) groups is 1. The van der Waals surface area contributed by atoms with Crippen molar-refractivity contribution < 1.29 is 9.90 Å². The van der Waals surface area contributed by atoms with E-state index >= 15 is 0 Å². The lowest BCUT2D eigenvalue weighted by Crippen LogP contribution is -2.26. The molecule has 1 atom stereocenters. The number of halogens is 2. The highest BCUT2D eigenvalue weighted by Gasteiger charge is 2.31. The smallest absolute Gasteiger partial charge is 0.239 e. The molecule has 1 fully saturated rings. The van der Waals surface area contributed by atoms with Gasteiger partial charge in [0.2, 0.25) is 5.91 Å². The van der Waals surface area contributed by atoms with Crippen molar-refractivity contribution in [3.8, 4) is 5.75 Å². The molecule has 2 aromatic rings. The number of benzene rings is 2. The first-order chi connectivity index (χ1) is 12.0. The van der Waals surface area contributed by atoms with Crippen LogP contribution in [-0.2, 0) is 11.2 Å². The largest absolute Gasteiger partial charge is 0.508 e. The maximum atomic E-state index is 12.1. The fourth-order valence-corrected chi connectivity index (χ4v) is 3.55. The second kappa shape index (κ2) is 7.91. The lowest BCUT2D eigenvalue weighted by Gasteiger charge is -2.08. The Kier molecular flexibility index (Phi) is 5.63. The molecule has 1 unspecified atom stereocenters. The van der Waals surface area contributed by atoms with E-state index in [9.17, 15) is 9.90 Å². The van der Waals surface area contributed by atoms with E-state index in [0.29, 0.717) is 21.6 Å². The Bertz CT molecular complexity index is 853. The zero-order chi connectivity index (χ0) is 17.8. The van der Waals surface area contributed by atoms with Crippen LogP contribution in [0.4, 0.5) is 0 Å². The first kappa shape index (κ1) is 17.8. The van der Waals surface area contributed by atoms with E-state index in [1.165, 1.54) is 11.8 Å². The molecule has 25 heavy (non-hydrogen) atoms. The number of carbonyl (C=O) groups excluding carboxylic acids is 1. The summed E-state index contributed by atoms with van der Waals surface area (Å²) in [4.78, 5) is 12.1. The Morgan fingerprint density at radius 1 is 1.20 bits per heavy atom. The molecule has 1 saturated heterocycles. The Balaban J connectivity index is 1.65. The van der Waals surface area contributed by atoms with Gasteiger partial charge < -0.3 is 10.4 Å². The van der Waals surface area contributed by atoms with Crippen LogP contribution >= 0.6 is 35.0 Å². The van der Waals surface area contributed by atoms with Gasteiger partial charge >= 0.3 is 0 Å². The molecule has 0 aromatic heterocycles. The zero-order valence-electron chi connectivity index (χ0n) is 12.8. The molecule has 1 heterocycles. The maximum Gasteiger partial charge on any atom is 0.239 e. The minimum Gasteiger partial charge on any atom is -0.508 e. The van der Waals surface area contributed by atoms with Gasteiger partial charge in [-0.25, -0.2) is 0 Å². The van der Waals surface area contributed by atoms with E-state index in [1.54, 1.807) is 42.6 Å². The van der Waals surface area contributed by atoms with E-state index in [1.807, 2.05) is 6.07 Å². The van der Waals surface area contributed by atoms with Crippen LogP contribution < -0.4 is 5.32 Å². The summed E-state index contributed by atoms with van der Waals surface area (Å²) in [6.07, 6.45) is 2.00. The van der Waals surface area contributed by atoms with Gasteiger partial charge in [0.1, 0.15) is 5.75 Å². The third-order valence-electron chi connectivity index (χ3n) is 3.46. The monoisotopic (exact) mass is 393 g/mol. The molecule has 0 bridgehead atoms. The number of hydrogen-bond acceptors (Lipinski definition) is 5. The van der Waals surface area contributed by atoms with Gasteiger partial charge in [-0.15, -0.1) is 5.10 Å². The van der Waals surface area contributed by atoms with E-state index < -0.39 is 0 Å². The minimum atomic E-state index is -0.335. The van der Waals surface area contributed by atoms with Gasteiger partial charge in [-0.05, 0) is 47.9 Å². The van der Waals surface area contributed by atoms with Gasteiger partial charge in [-0.1, -0.05) is 47.1 Å². The number of aromatic hydroxyl groups is 1. The van der Waals surface area contributed by atoms with Gasteiger partial charge in [0.25, 0.3) is 0 Å². The first-order valence-electron chi connectivity index (χ1n) is 7.33. The maximum absolute atomic E-state index is 12.1. The number of phenolic OH excluding ortho intramolecular Hbond substituents is 1. The summed E-state index contributed by atoms with van der Waals surface area (Å²) in [6, 6.07) is 11.9. The third kappa shape index (κ3) is 4.54. The van der Waals surface area contributed by atoms with Crippen LogP contribution in [0, 0.1) is 0 Å². The Labute approximate surface area is 158 Å². The van der Waals surface area contributed by atoms with Crippen LogP contribution in [0.2, 0.25) is 10.0 Å². The normalized spacial score (nSPS) is 18.9. The summed E-state index contributed by atoms with van der Waals surface area (Å²) in [5.74, 6) is 0.0456. The van der Waals surface area contributed by atoms with Crippen molar-refractivity contribution in [3.63, 3.8) is 0 Å². The van der Waals surface area contributed by atoms with Crippen molar-refractivity contribution in [2.24, 2.45) is 10.2 Å². The second-order valence-corrected chi connectivity index (χ2v) is 7.23. The van der Waals surface area contributed by atoms with Crippen LogP contribution in [0.1, 0.15) is 11.1 Å². The third-order valence-corrected chi connectivity index (χ3v) is 5.39. The quantitative estimate of drug-likeness (QED) is 0.611. The summed E-state index contributed by atoms with van der Waals surface area (Å²) < 4.78 is 0. The molecule has 1 aliphatic heterocycles. The molecule has 5 nitrogen and oxygen atoms in total. The number of phenols is 1. The number of amidine groups is 1. The SMILES string of the molecule is O=C1N/C(=N\N=Cc2ccc(O)cc2)SC1Cc1cccc(Cl)c1Cl. The molecule has 0 spiro atoms. The second-order valence-electron chi connectivity index (χ2n) is 5.25. The van der Waals surface area contributed by atoms with E-state index in [0.717, 1.165) is 11.1 Å². The van der Waals surface area contributed by atoms with E-state index in [-0.39, 0.29) is 16.9 Å². The summed E-state index contributed by atoms with van der Waals surface area (Å²) in [5, 5.41) is 20.9. The van der Waals surface area contributed by atoms with Crippen molar-refractivity contribution in [1.82, 2.24) is 5.32 Å². The Morgan fingerprint density at radius 3 is 2.72 bits per heavy atom. The molecule has 3 rings (SSSR count). The highest BCUT2D eigenvalue weighted by Crippen LogP contribution is 2.30. The van der Waals surface area contributed by atoms with Crippen molar-refractivity contribution in [3.05, 3.63) is 63.6 Å². The van der Waals surface area contributed by atoms with E-state index in [2.05, 4.69) is 15.5 Å². The molecule has 0 saturated carbocycles. The highest BCUT2D eigenvalue weighted by molar-refractivity contribution is 8.15. The van der Waals surface area contributed by atoms with Gasteiger partial charge in [0, 0.05) is 0 Å². The molecular formula is C17H13Cl2N3O2S. The molecule has 128 valence electrons. The first-order valence-corrected chi connectivity index (χ1v) is 8.97. The topological polar surface area (TPSA) is 74.0 Å². The molecule has 0 aliphatic carbocycles. The lowest BCUT2D eigenvalue weighted by molar-refractivity contribution is -0.118. The molecule has 1 amide bonds. The van der Waals surface area contributed by atoms with Crippen LogP contribution in [0.5, 0.6) is 5.75 Å². The van der Waals surface area contributed by atoms with Crippen molar-refractivity contribution in [2.45, 2.75) is 11.7 Å². The molecule has 0 radical (unpaired) electrons. The number of nitrogens with zero attached hydrogens (tertiary/aromatic N) is 2. The molecule has 2 aromatic carbocycles. The van der Waals surface area contributed by atoms with Gasteiger partial charge in [0.15, 0.2) is 5.17 Å². The molecule has 2 N–H and O–H groups in total. The molecular weight excluding hydrogens is 381 g/mol. The number of nitrogens with one attached hydrogen (secondary N) is 1. The standard InChI is InChI=1S/C17H13Cl2N3O2S/c18-13-3-1-2-11(15(13)19)8-14-16(24)21-17(25-14)22-20-9-10-4-6-12(23)7-5-10/h1-7,9,14,23H,8H2,(H,21,22,24). The number of thioether (sulfide) groups is 1. The number of amides is 1. The van der Waals surface area contributed by atoms with Crippen LogP contribution in [-0.4, -0.2) is 27.6 Å². The predicted molar refractivity (Wildman–Crippen MR) is 103 cm³/mol. The average Bonchev–Trinajstić information content (AvgIpc) is 2.93. The number of hydrogen-bond donors (Lipinski definition) is 2. The molecule has 1 aliphatic rings. The summed E-state index contributed by atoms with van der Waals surface area (Å²) >= 11 is 13.5. The van der Waals surface area contributed by atoms with Crippen LogP contribution in [0.25, 0.3) is 0 Å². The minimum absolute atomic E-state index is 0.139. The van der Waals surface area contributed by atoms with Crippen molar-refractivity contribution >= 4 is 52.3 Å². The summed E-state index contributed by atoms with van der Waals surface area (Å²) in [6.45, 7) is 0. The van der Waals surface area contributed by atoms with Gasteiger partial charge in [-0.2, -0.15) is 5.10 Å². The highest BCUT2D eigenvalue weighted by atomic mass is 35.5. The fourth-order valence-electron chi connectivity index (χ4n) is 2.20.